The van der Waals surface area contributed by atoms with Gasteiger partial charge in [0.1, 0.15) is 11.6 Å². The molecule has 3 aromatic rings. The quantitative estimate of drug-likeness (QED) is 0.559. The van der Waals surface area contributed by atoms with E-state index in [0.29, 0.717) is 25.7 Å². The standard InChI is InChI=1S/C22H20O2/c23-15-9-10-16(24)12-14-22-18-6-2-1-5-17(18)21(13-11-15)19-7-3-4-8-20(19)22/h1-8H,9-14H2. The minimum atomic E-state index is 0.196. The molecule has 0 atom stereocenters. The average Bonchev–Trinajstić information content (AvgIpc) is 2.61. The maximum atomic E-state index is 12.2. The van der Waals surface area contributed by atoms with Crippen molar-refractivity contribution in [2.45, 2.75) is 38.5 Å². The molecule has 0 fully saturated rings. The van der Waals surface area contributed by atoms with E-state index in [4.69, 9.17) is 0 Å². The maximum absolute atomic E-state index is 12.2. The van der Waals surface area contributed by atoms with Gasteiger partial charge in [0.05, 0.1) is 0 Å². The molecule has 0 aliphatic heterocycles. The Morgan fingerprint density at radius 3 is 1.08 bits per heavy atom. The highest BCUT2D eigenvalue weighted by atomic mass is 16.1. The molecule has 5 rings (SSSR count). The predicted octanol–water partition coefficient (Wildman–Crippen LogP) is 4.79. The molecule has 24 heavy (non-hydrogen) atoms. The van der Waals surface area contributed by atoms with E-state index < -0.39 is 0 Å². The highest BCUT2D eigenvalue weighted by Gasteiger charge is 2.17. The average molecular weight is 316 g/mol. The molecule has 0 amide bonds. The van der Waals surface area contributed by atoms with Gasteiger partial charge in [-0.1, -0.05) is 48.5 Å². The van der Waals surface area contributed by atoms with Gasteiger partial charge in [-0.2, -0.15) is 0 Å². The molecule has 0 radical (unpaired) electrons. The van der Waals surface area contributed by atoms with Gasteiger partial charge >= 0.3 is 0 Å². The maximum Gasteiger partial charge on any atom is 0.133 e. The summed E-state index contributed by atoms with van der Waals surface area (Å²) in [7, 11) is 0. The monoisotopic (exact) mass is 316 g/mol. The van der Waals surface area contributed by atoms with Crippen molar-refractivity contribution < 1.29 is 9.59 Å². The first-order chi connectivity index (χ1) is 11.7. The molecule has 0 spiro atoms. The number of rotatable bonds is 0. The van der Waals surface area contributed by atoms with Crippen molar-refractivity contribution in [2.24, 2.45) is 0 Å². The lowest BCUT2D eigenvalue weighted by Crippen LogP contribution is -2.09. The summed E-state index contributed by atoms with van der Waals surface area (Å²) in [5.74, 6) is 0.391. The minimum Gasteiger partial charge on any atom is -0.300 e. The summed E-state index contributed by atoms with van der Waals surface area (Å²) in [6.45, 7) is 0. The minimum absolute atomic E-state index is 0.196. The van der Waals surface area contributed by atoms with Crippen molar-refractivity contribution in [3.8, 4) is 0 Å². The lowest BCUT2D eigenvalue weighted by atomic mass is 9.86. The molecule has 2 aliphatic rings. The zero-order valence-corrected chi connectivity index (χ0v) is 13.7. The molecule has 2 bridgehead atoms. The van der Waals surface area contributed by atoms with Gasteiger partial charge in [-0.3, -0.25) is 9.59 Å². The molecule has 2 heteroatoms. The van der Waals surface area contributed by atoms with Crippen LogP contribution in [0.1, 0.15) is 36.8 Å². The van der Waals surface area contributed by atoms with Crippen LogP contribution in [0.3, 0.4) is 0 Å². The van der Waals surface area contributed by atoms with Crippen LogP contribution >= 0.6 is 0 Å². The fourth-order valence-electron chi connectivity index (χ4n) is 3.91. The van der Waals surface area contributed by atoms with E-state index in [2.05, 4.69) is 48.5 Å². The first-order valence-electron chi connectivity index (χ1n) is 8.68. The van der Waals surface area contributed by atoms with Crippen molar-refractivity contribution in [3.05, 3.63) is 59.7 Å². The second kappa shape index (κ2) is 6.20. The zero-order chi connectivity index (χ0) is 16.5. The molecule has 0 unspecified atom stereocenters. The summed E-state index contributed by atoms with van der Waals surface area (Å²) in [6.07, 6.45) is 3.30. The Balaban J connectivity index is 2.04. The molecule has 0 saturated carbocycles. The largest absolute Gasteiger partial charge is 0.300 e. The van der Waals surface area contributed by atoms with Crippen LogP contribution in [-0.2, 0) is 22.4 Å². The van der Waals surface area contributed by atoms with E-state index in [1.54, 1.807) is 0 Å². The van der Waals surface area contributed by atoms with Crippen molar-refractivity contribution in [1.29, 1.82) is 0 Å². The third-order valence-electron chi connectivity index (χ3n) is 5.14. The Morgan fingerprint density at radius 1 is 0.458 bits per heavy atom. The predicted molar refractivity (Wildman–Crippen MR) is 97.3 cm³/mol. The molecular formula is C22H20O2. The van der Waals surface area contributed by atoms with Gasteiger partial charge in [0, 0.05) is 25.7 Å². The number of ketones is 2. The Bertz CT molecular complexity index is 818. The fourth-order valence-corrected chi connectivity index (χ4v) is 3.91. The first kappa shape index (κ1) is 15.1. The zero-order valence-electron chi connectivity index (χ0n) is 13.7. The van der Waals surface area contributed by atoms with Gasteiger partial charge < -0.3 is 0 Å². The Labute approximate surface area is 141 Å². The van der Waals surface area contributed by atoms with E-state index in [0.717, 1.165) is 12.8 Å². The number of carbonyl (C=O) groups excluding carboxylic acids is 2. The SMILES string of the molecule is O=C1CCC(=O)CCc2c3ccccc3c(c3ccccc23)CC1. The first-order valence-corrected chi connectivity index (χ1v) is 8.68. The third-order valence-corrected chi connectivity index (χ3v) is 5.14. The number of carbonyl (C=O) groups is 2. The van der Waals surface area contributed by atoms with E-state index in [1.165, 1.54) is 32.7 Å². The summed E-state index contributed by atoms with van der Waals surface area (Å²) in [6, 6.07) is 16.8. The van der Waals surface area contributed by atoms with Crippen LogP contribution in [0.2, 0.25) is 0 Å². The number of Topliss-reactive ketones (excluding diaryl/α,β-unsaturated/α-hetero) is 2. The van der Waals surface area contributed by atoms with Gasteiger partial charge in [0.2, 0.25) is 0 Å². The molecule has 2 aliphatic carbocycles. The number of aryl methyl sites for hydroxylation is 2. The van der Waals surface area contributed by atoms with Crippen molar-refractivity contribution in [2.75, 3.05) is 0 Å². The van der Waals surface area contributed by atoms with Gasteiger partial charge in [-0.05, 0) is 45.5 Å². The van der Waals surface area contributed by atoms with E-state index in [9.17, 15) is 9.59 Å². The molecule has 0 saturated heterocycles. The molecule has 2 nitrogen and oxygen atoms in total. The summed E-state index contributed by atoms with van der Waals surface area (Å²) in [4.78, 5) is 24.3. The topological polar surface area (TPSA) is 34.1 Å². The molecule has 0 N–H and O–H groups in total. The van der Waals surface area contributed by atoms with Crippen molar-refractivity contribution in [1.82, 2.24) is 0 Å². The Hall–Kier alpha value is -2.48. The molecular weight excluding hydrogens is 296 g/mol. The van der Waals surface area contributed by atoms with Gasteiger partial charge in [-0.15, -0.1) is 0 Å². The molecule has 3 aromatic carbocycles. The summed E-state index contributed by atoms with van der Waals surface area (Å²) in [5.41, 5.74) is 2.54. The van der Waals surface area contributed by atoms with Gasteiger partial charge in [0.15, 0.2) is 0 Å². The molecule has 0 aromatic heterocycles. The van der Waals surface area contributed by atoms with Crippen molar-refractivity contribution >= 4 is 33.1 Å². The van der Waals surface area contributed by atoms with E-state index >= 15 is 0 Å². The van der Waals surface area contributed by atoms with Crippen molar-refractivity contribution in [3.63, 3.8) is 0 Å². The number of fused-ring (bicyclic) bond motifs is 7. The highest BCUT2D eigenvalue weighted by molar-refractivity contribution is 6.06. The van der Waals surface area contributed by atoms with Crippen LogP contribution in [-0.4, -0.2) is 11.6 Å². The lowest BCUT2D eigenvalue weighted by molar-refractivity contribution is -0.124. The number of hydrogen-bond acceptors (Lipinski definition) is 2. The fraction of sp³-hybridized carbons (Fsp3) is 0.273. The third kappa shape index (κ3) is 2.62. The summed E-state index contributed by atoms with van der Waals surface area (Å²) < 4.78 is 0. The normalized spacial score (nSPS) is 16.3. The van der Waals surface area contributed by atoms with Crippen LogP contribution in [0, 0.1) is 0 Å². The highest BCUT2D eigenvalue weighted by Crippen LogP contribution is 2.35. The second-order valence-electron chi connectivity index (χ2n) is 6.63. The van der Waals surface area contributed by atoms with Crippen LogP contribution in [0.25, 0.3) is 21.5 Å². The Morgan fingerprint density at radius 2 is 0.750 bits per heavy atom. The summed E-state index contributed by atoms with van der Waals surface area (Å²) in [5, 5.41) is 4.91. The number of hydrogen-bond donors (Lipinski definition) is 0. The van der Waals surface area contributed by atoms with Gasteiger partial charge in [0.25, 0.3) is 0 Å². The van der Waals surface area contributed by atoms with Crippen LogP contribution in [0.4, 0.5) is 0 Å². The van der Waals surface area contributed by atoms with Crippen LogP contribution in [0.15, 0.2) is 48.5 Å². The van der Waals surface area contributed by atoms with E-state index in [-0.39, 0.29) is 11.6 Å². The number of benzene rings is 3. The smallest absolute Gasteiger partial charge is 0.133 e. The Kier molecular flexibility index (Phi) is 3.89. The van der Waals surface area contributed by atoms with Crippen LogP contribution in [0.5, 0.6) is 0 Å². The van der Waals surface area contributed by atoms with E-state index in [1.807, 2.05) is 0 Å². The molecule has 120 valence electrons. The molecule has 0 heterocycles. The van der Waals surface area contributed by atoms with Crippen LogP contribution < -0.4 is 0 Å². The summed E-state index contributed by atoms with van der Waals surface area (Å²) >= 11 is 0. The lowest BCUT2D eigenvalue weighted by Gasteiger charge is -2.17. The second-order valence-corrected chi connectivity index (χ2v) is 6.63. The van der Waals surface area contributed by atoms with Gasteiger partial charge in [-0.25, -0.2) is 0 Å².